The smallest absolute Gasteiger partial charge is 0.407 e. The Morgan fingerprint density at radius 2 is 1.23 bits per heavy atom. The molecule has 4 amide bonds. The number of hydrogen-bond acceptors (Lipinski definition) is 10. The number of rotatable bonds is 10. The van der Waals surface area contributed by atoms with Crippen molar-refractivity contribution in [2.45, 2.75) is 77.5 Å². The minimum Gasteiger partial charge on any atom is -0.453 e. The van der Waals surface area contributed by atoms with Crippen molar-refractivity contribution >= 4 is 24.0 Å². The topological polar surface area (TPSA) is 193 Å². The number of hydrogen-bond donors (Lipinski definition) is 4. The molecule has 0 unspecified atom stereocenters. The minimum absolute atomic E-state index is 0.152. The highest BCUT2D eigenvalue weighted by molar-refractivity contribution is 5.87. The molecular weight excluding hydrogens is 739 g/mol. The Morgan fingerprint density at radius 3 is 1.77 bits per heavy atom. The van der Waals surface area contributed by atoms with Gasteiger partial charge in [-0.3, -0.25) is 9.59 Å². The molecule has 3 aliphatic heterocycles. The van der Waals surface area contributed by atoms with E-state index in [4.69, 9.17) is 18.9 Å². The highest BCUT2D eigenvalue weighted by Crippen LogP contribution is 2.48. The van der Waals surface area contributed by atoms with Crippen molar-refractivity contribution in [2.24, 2.45) is 11.8 Å². The van der Waals surface area contributed by atoms with Crippen LogP contribution in [0.5, 0.6) is 23.0 Å². The number of carbonyl (C=O) groups excluding carboxylic acids is 4. The van der Waals surface area contributed by atoms with Crippen LogP contribution in [-0.2, 0) is 19.1 Å². The number of benzene rings is 2. The highest BCUT2D eigenvalue weighted by atomic mass is 19.1. The van der Waals surface area contributed by atoms with Crippen LogP contribution >= 0.6 is 0 Å². The summed E-state index contributed by atoms with van der Waals surface area (Å²) in [6.07, 6.45) is 4.76. The molecule has 17 heteroatoms. The minimum atomic E-state index is -0.777. The van der Waals surface area contributed by atoms with Crippen molar-refractivity contribution in [1.29, 1.82) is 0 Å². The molecular formula is C40H47FN8O8. The van der Waals surface area contributed by atoms with Crippen LogP contribution < -0.4 is 20.1 Å². The van der Waals surface area contributed by atoms with Gasteiger partial charge in [0.1, 0.15) is 29.5 Å². The van der Waals surface area contributed by atoms with Crippen molar-refractivity contribution in [1.82, 2.24) is 40.4 Å². The third-order valence-electron chi connectivity index (χ3n) is 10.7. The zero-order valence-electron chi connectivity index (χ0n) is 32.7. The third-order valence-corrected chi connectivity index (χ3v) is 10.7. The van der Waals surface area contributed by atoms with E-state index in [0.29, 0.717) is 66.2 Å². The van der Waals surface area contributed by atoms with E-state index in [9.17, 15) is 19.2 Å². The number of fused-ring (bicyclic) bond motifs is 2. The van der Waals surface area contributed by atoms with Crippen LogP contribution in [0, 0.1) is 17.7 Å². The van der Waals surface area contributed by atoms with Crippen LogP contribution in [0.3, 0.4) is 0 Å². The van der Waals surface area contributed by atoms with Gasteiger partial charge in [0.25, 0.3) is 0 Å². The van der Waals surface area contributed by atoms with Crippen molar-refractivity contribution in [3.63, 3.8) is 0 Å². The Bertz CT molecular complexity index is 2170. The molecule has 0 spiro atoms. The summed E-state index contributed by atoms with van der Waals surface area (Å²) < 4.78 is 37.6. The van der Waals surface area contributed by atoms with Crippen LogP contribution in [0.2, 0.25) is 0 Å². The first-order chi connectivity index (χ1) is 27.4. The maximum atomic E-state index is 15.8. The molecule has 7 rings (SSSR count). The number of amides is 4. The number of halogens is 1. The second kappa shape index (κ2) is 16.2. The number of methoxy groups -OCH3 is 2. The maximum Gasteiger partial charge on any atom is 0.407 e. The Kier molecular flexibility index (Phi) is 11.1. The summed E-state index contributed by atoms with van der Waals surface area (Å²) in [5.74, 6) is 1.10. The van der Waals surface area contributed by atoms with E-state index in [-0.39, 0.29) is 47.0 Å². The molecule has 57 heavy (non-hydrogen) atoms. The molecule has 2 aromatic heterocycles. The molecule has 0 radical (unpaired) electrons. The number of H-pyrrole nitrogens is 2. The van der Waals surface area contributed by atoms with E-state index in [0.717, 1.165) is 18.4 Å². The predicted octanol–water partition coefficient (Wildman–Crippen LogP) is 6.59. The molecule has 0 aliphatic carbocycles. The number of nitrogens with one attached hydrogen (secondary N) is 4. The van der Waals surface area contributed by atoms with Gasteiger partial charge in [0, 0.05) is 30.3 Å². The molecule has 4 N–H and O–H groups in total. The number of imidazole rings is 2. The van der Waals surface area contributed by atoms with E-state index in [1.807, 2.05) is 33.8 Å². The lowest BCUT2D eigenvalue weighted by atomic mass is 10.0. The van der Waals surface area contributed by atoms with Crippen LogP contribution in [0.25, 0.3) is 22.5 Å². The van der Waals surface area contributed by atoms with Gasteiger partial charge in [0.15, 0.2) is 23.0 Å². The van der Waals surface area contributed by atoms with Gasteiger partial charge in [0.05, 0.1) is 50.1 Å². The van der Waals surface area contributed by atoms with Crippen LogP contribution in [0.4, 0.5) is 14.0 Å². The van der Waals surface area contributed by atoms with Crippen molar-refractivity contribution < 1.29 is 42.5 Å². The van der Waals surface area contributed by atoms with Gasteiger partial charge in [-0.1, -0.05) is 27.7 Å². The molecule has 2 fully saturated rings. The highest BCUT2D eigenvalue weighted by Gasteiger charge is 2.39. The summed E-state index contributed by atoms with van der Waals surface area (Å²) >= 11 is 0. The molecule has 302 valence electrons. The summed E-state index contributed by atoms with van der Waals surface area (Å²) in [7, 11) is 2.51. The van der Waals surface area contributed by atoms with Gasteiger partial charge in [-0.25, -0.2) is 23.9 Å². The molecule has 5 heterocycles. The average molecular weight is 787 g/mol. The molecule has 0 saturated carbocycles. The Morgan fingerprint density at radius 1 is 0.737 bits per heavy atom. The van der Waals surface area contributed by atoms with Gasteiger partial charge in [-0.05, 0) is 61.8 Å². The summed E-state index contributed by atoms with van der Waals surface area (Å²) in [5.41, 5.74) is 2.04. The summed E-state index contributed by atoms with van der Waals surface area (Å²) in [6, 6.07) is 5.99. The third kappa shape index (κ3) is 7.82. The van der Waals surface area contributed by atoms with Crippen LogP contribution in [0.15, 0.2) is 42.7 Å². The Hall–Kier alpha value is -6.13. The van der Waals surface area contributed by atoms with Gasteiger partial charge in [0.2, 0.25) is 11.8 Å². The Balaban J connectivity index is 1.06. The number of carbonyl (C=O) groups is 4. The van der Waals surface area contributed by atoms with E-state index in [1.165, 1.54) is 26.5 Å². The SMILES string of the molecule is COC(=O)N[C@H](C(=O)N1CCC[C@@H]1c1ncc(-c2cc3c(cc2F)Oc2cc(-c4cnc([C@@H]5CCCN5C(=O)[C@@H](NC(=O)OC)C(C)C)[nH]4)ccc2O3)[nH]1)C(C)C. The molecule has 4 aromatic rings. The molecule has 0 bridgehead atoms. The lowest BCUT2D eigenvalue weighted by Crippen LogP contribution is -2.51. The molecule has 4 atom stereocenters. The normalized spacial score (nSPS) is 18.3. The number of aromatic nitrogens is 4. The zero-order chi connectivity index (χ0) is 40.5. The van der Waals surface area contributed by atoms with Crippen LogP contribution in [-0.4, -0.2) is 93.1 Å². The lowest BCUT2D eigenvalue weighted by molar-refractivity contribution is -0.136. The van der Waals surface area contributed by atoms with Gasteiger partial charge >= 0.3 is 12.2 Å². The number of likely N-dealkylation sites (tertiary alicyclic amines) is 2. The van der Waals surface area contributed by atoms with E-state index in [2.05, 4.69) is 30.6 Å². The summed E-state index contributed by atoms with van der Waals surface area (Å²) in [5, 5.41) is 5.30. The fourth-order valence-electron chi connectivity index (χ4n) is 7.66. The predicted molar refractivity (Wildman–Crippen MR) is 204 cm³/mol. The summed E-state index contributed by atoms with van der Waals surface area (Å²) in [6.45, 7) is 8.45. The molecule has 3 aliphatic rings. The lowest BCUT2D eigenvalue weighted by Gasteiger charge is -2.30. The second-order valence-electron chi connectivity index (χ2n) is 15.1. The van der Waals surface area contributed by atoms with Crippen molar-refractivity contribution in [3.05, 3.63) is 60.2 Å². The number of alkyl carbamates (subject to hydrolysis) is 2. The summed E-state index contributed by atoms with van der Waals surface area (Å²) in [4.78, 5) is 70.2. The van der Waals surface area contributed by atoms with E-state index < -0.39 is 30.1 Å². The van der Waals surface area contributed by atoms with Gasteiger partial charge in [-0.15, -0.1) is 0 Å². The van der Waals surface area contributed by atoms with Crippen molar-refractivity contribution in [3.8, 4) is 45.5 Å². The standard InChI is InChI=1S/C40H47FN8O8/c1-20(2)33(46-39(52)54-5)37(50)48-13-7-9-27(48)35-42-18-25(44-35)22-11-12-29-30(15-22)57-32-17-24(41)23(16-31(32)56-29)26-19-43-36(45-26)28-10-8-14-49(28)38(51)34(21(3)4)47-40(53)55-6/h11-12,15-21,27-28,33-34H,7-10,13-14H2,1-6H3,(H,42,44)(H,43,45)(H,46,52)(H,47,53)/t27-,28+,33-,34-/m0/s1. The molecule has 2 saturated heterocycles. The monoisotopic (exact) mass is 786 g/mol. The maximum absolute atomic E-state index is 15.8. The fourth-order valence-corrected chi connectivity index (χ4v) is 7.66. The van der Waals surface area contributed by atoms with E-state index in [1.54, 1.807) is 34.2 Å². The number of nitrogens with zero attached hydrogens (tertiary/aromatic N) is 4. The number of aromatic amines is 2. The molecule has 16 nitrogen and oxygen atoms in total. The first-order valence-corrected chi connectivity index (χ1v) is 19.1. The largest absolute Gasteiger partial charge is 0.453 e. The Labute approximate surface area is 328 Å². The van der Waals surface area contributed by atoms with Crippen LogP contribution in [0.1, 0.15) is 77.1 Å². The number of ether oxygens (including phenoxy) is 4. The quantitative estimate of drug-likeness (QED) is 0.120. The van der Waals surface area contributed by atoms with Crippen molar-refractivity contribution in [2.75, 3.05) is 27.3 Å². The van der Waals surface area contributed by atoms with Gasteiger partial charge < -0.3 is 49.3 Å². The second-order valence-corrected chi connectivity index (χ2v) is 15.1. The first-order valence-electron chi connectivity index (χ1n) is 19.1. The zero-order valence-corrected chi connectivity index (χ0v) is 32.7. The fraction of sp³-hybridized carbons (Fsp3) is 0.450. The first kappa shape index (κ1) is 39.1. The van der Waals surface area contributed by atoms with E-state index >= 15 is 4.39 Å². The van der Waals surface area contributed by atoms with Gasteiger partial charge in [-0.2, -0.15) is 0 Å². The molecule has 2 aromatic carbocycles. The average Bonchev–Trinajstić information content (AvgIpc) is 4.03.